The molecule has 1 aromatic rings. The van der Waals surface area contributed by atoms with Crippen LogP contribution >= 0.6 is 0 Å². The Bertz CT molecular complexity index is 906. The zero-order valence-corrected chi connectivity index (χ0v) is 21.1. The molecule has 194 valence electrons. The van der Waals surface area contributed by atoms with Crippen molar-refractivity contribution in [2.45, 2.75) is 47.1 Å². The molecule has 1 heterocycles. The van der Waals surface area contributed by atoms with Gasteiger partial charge in [0.15, 0.2) is 0 Å². The van der Waals surface area contributed by atoms with Crippen LogP contribution in [-0.2, 0) is 23.9 Å². The van der Waals surface area contributed by atoms with Crippen molar-refractivity contribution in [3.63, 3.8) is 0 Å². The number of carboxylic acid groups (broad SMARTS) is 1. The lowest BCUT2D eigenvalue weighted by atomic mass is 9.84. The van der Waals surface area contributed by atoms with Gasteiger partial charge in [-0.2, -0.15) is 0 Å². The van der Waals surface area contributed by atoms with Crippen LogP contribution in [0.5, 0.6) is 0 Å². The lowest BCUT2D eigenvalue weighted by Gasteiger charge is -2.36. The summed E-state index contributed by atoms with van der Waals surface area (Å²) in [6, 6.07) is 6.76. The number of aliphatic carboxylic acids is 1. The number of hydrogen-bond acceptors (Lipinski definition) is 7. The van der Waals surface area contributed by atoms with Gasteiger partial charge in [0.05, 0.1) is 26.1 Å². The second-order valence-corrected chi connectivity index (χ2v) is 9.21. The van der Waals surface area contributed by atoms with Crippen molar-refractivity contribution >= 4 is 35.3 Å². The van der Waals surface area contributed by atoms with Crippen LogP contribution in [0, 0.1) is 10.8 Å². The fourth-order valence-corrected chi connectivity index (χ4v) is 3.32. The van der Waals surface area contributed by atoms with Crippen molar-refractivity contribution in [1.82, 2.24) is 10.2 Å². The van der Waals surface area contributed by atoms with Gasteiger partial charge in [0.25, 0.3) is 5.97 Å². The molecule has 0 aliphatic carbocycles. The lowest BCUT2D eigenvalue weighted by Crippen LogP contribution is -2.55. The highest BCUT2D eigenvalue weighted by Crippen LogP contribution is 2.22. The van der Waals surface area contributed by atoms with Crippen LogP contribution in [0.2, 0.25) is 0 Å². The van der Waals surface area contributed by atoms with Gasteiger partial charge in [0, 0.05) is 37.3 Å². The molecule has 0 aromatic heterocycles. The Balaban J connectivity index is 0.00000142. The Kier molecular flexibility index (Phi) is 11.2. The Labute approximate surface area is 206 Å². The Morgan fingerprint density at radius 3 is 2.23 bits per heavy atom. The van der Waals surface area contributed by atoms with Crippen molar-refractivity contribution in [1.29, 1.82) is 5.41 Å². The van der Waals surface area contributed by atoms with Gasteiger partial charge in [-0.05, 0) is 36.6 Å². The average Bonchev–Trinajstić information content (AvgIpc) is 2.74. The van der Waals surface area contributed by atoms with Gasteiger partial charge in [0.2, 0.25) is 11.8 Å². The molecule has 5 N–H and O–H groups in total. The summed E-state index contributed by atoms with van der Waals surface area (Å²) in [5.74, 6) is -1.63. The Hall–Kier alpha value is -3.63. The number of carboxylic acids is 1. The molecular formula is C24H37N5O6. The molecule has 0 saturated carbocycles. The molecule has 1 fully saturated rings. The monoisotopic (exact) mass is 491 g/mol. The van der Waals surface area contributed by atoms with Crippen LogP contribution in [0.15, 0.2) is 24.3 Å². The molecule has 0 radical (unpaired) electrons. The van der Waals surface area contributed by atoms with Crippen molar-refractivity contribution in [3.05, 3.63) is 29.8 Å². The smallest absolute Gasteiger partial charge is 0.307 e. The largest absolute Gasteiger partial charge is 0.481 e. The summed E-state index contributed by atoms with van der Waals surface area (Å²) in [4.78, 5) is 49.6. The van der Waals surface area contributed by atoms with Gasteiger partial charge in [-0.25, -0.2) is 0 Å². The predicted octanol–water partition coefficient (Wildman–Crippen LogP) is 1.19. The third-order valence-electron chi connectivity index (χ3n) is 5.25. The van der Waals surface area contributed by atoms with E-state index in [0.717, 1.165) is 12.6 Å². The third-order valence-corrected chi connectivity index (χ3v) is 5.25. The Morgan fingerprint density at radius 2 is 1.77 bits per heavy atom. The second-order valence-electron chi connectivity index (χ2n) is 9.21. The van der Waals surface area contributed by atoms with Gasteiger partial charge in [-0.1, -0.05) is 20.8 Å². The molecule has 1 aromatic carbocycles. The van der Waals surface area contributed by atoms with Gasteiger partial charge < -0.3 is 30.7 Å². The van der Waals surface area contributed by atoms with Gasteiger partial charge >= 0.3 is 5.97 Å². The topological polar surface area (TPSA) is 166 Å². The maximum Gasteiger partial charge on any atom is 0.307 e. The van der Waals surface area contributed by atoms with Gasteiger partial charge in [0.1, 0.15) is 5.84 Å². The van der Waals surface area contributed by atoms with E-state index in [0.29, 0.717) is 25.3 Å². The average molecular weight is 492 g/mol. The minimum atomic E-state index is -0.833. The molecule has 2 rings (SSSR count). The summed E-state index contributed by atoms with van der Waals surface area (Å²) in [5.41, 5.74) is 6.63. The summed E-state index contributed by atoms with van der Waals surface area (Å²) >= 11 is 0. The number of nitrogens with one attached hydrogen (secondary N) is 2. The summed E-state index contributed by atoms with van der Waals surface area (Å²) in [5, 5.41) is 17.8. The molecule has 0 bridgehead atoms. The SMILES string of the molecule is CC(=O)O.CCOC(=O)CC(NC(=O)CN1CCN(c2ccc(C(=N)N)cc2)CC1=O)C(C)(C)C. The number of piperazine rings is 1. The molecule has 2 amide bonds. The number of amidine groups is 1. The number of nitrogen functional groups attached to an aromatic ring is 1. The normalized spacial score (nSPS) is 14.4. The van der Waals surface area contributed by atoms with E-state index in [-0.39, 0.29) is 48.5 Å². The van der Waals surface area contributed by atoms with E-state index in [1.165, 1.54) is 4.90 Å². The van der Waals surface area contributed by atoms with Crippen molar-refractivity contribution in [3.8, 4) is 0 Å². The molecule has 1 aliphatic rings. The van der Waals surface area contributed by atoms with E-state index in [1.54, 1.807) is 19.1 Å². The standard InChI is InChI=1S/C22H33N5O4.C2H4O2/c1-5-31-20(30)12-17(22(2,3)4)25-18(28)13-27-11-10-26(14-19(27)29)16-8-6-15(7-9-16)21(23)24;1-2(3)4/h6-9,17H,5,10-14H2,1-4H3,(H3,23,24)(H,25,28);1H3,(H,3,4). The number of ether oxygens (including phenoxy) is 1. The molecular weight excluding hydrogens is 454 g/mol. The summed E-state index contributed by atoms with van der Waals surface area (Å²) in [7, 11) is 0. The quantitative estimate of drug-likeness (QED) is 0.239. The minimum Gasteiger partial charge on any atom is -0.481 e. The molecule has 1 atom stereocenters. The number of benzene rings is 1. The first-order valence-electron chi connectivity index (χ1n) is 11.4. The number of hydrogen-bond donors (Lipinski definition) is 4. The van der Waals surface area contributed by atoms with Crippen LogP contribution in [0.25, 0.3) is 0 Å². The first kappa shape index (κ1) is 29.4. The molecule has 11 heteroatoms. The number of nitrogens with zero attached hydrogens (tertiary/aromatic N) is 2. The zero-order chi connectivity index (χ0) is 26.8. The van der Waals surface area contributed by atoms with E-state index in [2.05, 4.69) is 5.32 Å². The zero-order valence-electron chi connectivity index (χ0n) is 21.1. The van der Waals surface area contributed by atoms with Crippen LogP contribution in [0.1, 0.15) is 46.6 Å². The van der Waals surface area contributed by atoms with Crippen molar-refractivity contribution in [2.75, 3.05) is 37.7 Å². The number of carbonyl (C=O) groups is 4. The highest BCUT2D eigenvalue weighted by atomic mass is 16.5. The highest BCUT2D eigenvalue weighted by molar-refractivity contribution is 5.95. The van der Waals surface area contributed by atoms with E-state index >= 15 is 0 Å². The molecule has 1 saturated heterocycles. The first-order chi connectivity index (χ1) is 16.2. The number of esters is 1. The number of anilines is 1. The van der Waals surface area contributed by atoms with E-state index in [4.69, 9.17) is 25.8 Å². The Morgan fingerprint density at radius 1 is 1.20 bits per heavy atom. The van der Waals surface area contributed by atoms with E-state index in [9.17, 15) is 14.4 Å². The van der Waals surface area contributed by atoms with Crippen molar-refractivity contribution in [2.24, 2.45) is 11.1 Å². The molecule has 11 nitrogen and oxygen atoms in total. The third kappa shape index (κ3) is 10.4. The van der Waals surface area contributed by atoms with E-state index in [1.807, 2.05) is 37.8 Å². The minimum absolute atomic E-state index is 0.00465. The summed E-state index contributed by atoms with van der Waals surface area (Å²) in [6.45, 7) is 10.1. The van der Waals surface area contributed by atoms with Crippen LogP contribution in [0.3, 0.4) is 0 Å². The summed E-state index contributed by atoms with van der Waals surface area (Å²) in [6.07, 6.45) is 0.0844. The fourth-order valence-electron chi connectivity index (χ4n) is 3.32. The lowest BCUT2D eigenvalue weighted by molar-refractivity contribution is -0.145. The van der Waals surface area contributed by atoms with Crippen molar-refractivity contribution < 1.29 is 29.0 Å². The number of amides is 2. The second kappa shape index (κ2) is 13.3. The highest BCUT2D eigenvalue weighted by Gasteiger charge is 2.31. The molecule has 1 aliphatic heterocycles. The van der Waals surface area contributed by atoms with Gasteiger partial charge in [-0.15, -0.1) is 0 Å². The van der Waals surface area contributed by atoms with Crippen LogP contribution in [-0.4, -0.2) is 78.4 Å². The van der Waals surface area contributed by atoms with E-state index < -0.39 is 12.0 Å². The maximum atomic E-state index is 12.6. The number of nitrogens with two attached hydrogens (primary N) is 1. The van der Waals surface area contributed by atoms with Gasteiger partial charge in [-0.3, -0.25) is 24.6 Å². The maximum absolute atomic E-state index is 12.6. The summed E-state index contributed by atoms with van der Waals surface area (Å²) < 4.78 is 5.01. The van der Waals surface area contributed by atoms with Crippen LogP contribution < -0.4 is 16.0 Å². The first-order valence-corrected chi connectivity index (χ1v) is 11.4. The van der Waals surface area contributed by atoms with Crippen LogP contribution in [0.4, 0.5) is 5.69 Å². The predicted molar refractivity (Wildman–Crippen MR) is 132 cm³/mol. The molecule has 1 unspecified atom stereocenters. The number of rotatable bonds is 8. The number of carbonyl (C=O) groups excluding carboxylic acids is 3. The molecule has 35 heavy (non-hydrogen) atoms. The fraction of sp³-hybridized carbons (Fsp3) is 0.542. The molecule has 0 spiro atoms.